The van der Waals surface area contributed by atoms with E-state index in [1.165, 1.54) is 11.1 Å². The molecule has 19 heavy (non-hydrogen) atoms. The molecule has 0 aliphatic heterocycles. The minimum Gasteiger partial charge on any atom is -0.508 e. The number of carbonyl (C=O) groups excluding carboxylic acids is 1. The summed E-state index contributed by atoms with van der Waals surface area (Å²) >= 11 is 0. The third-order valence-corrected chi connectivity index (χ3v) is 3.91. The molecule has 4 heteroatoms. The molecule has 0 saturated heterocycles. The van der Waals surface area contributed by atoms with Crippen LogP contribution in [0.3, 0.4) is 0 Å². The number of nitrogens with one attached hydrogen (secondary N) is 1. The highest BCUT2D eigenvalue weighted by molar-refractivity contribution is 5.75. The molecular weight excluding hydrogens is 240 g/mol. The van der Waals surface area contributed by atoms with E-state index >= 15 is 0 Å². The smallest absolute Gasteiger partial charge is 0.221 e. The van der Waals surface area contributed by atoms with Crippen molar-refractivity contribution in [3.8, 4) is 5.75 Å². The van der Waals surface area contributed by atoms with Crippen LogP contribution in [0.2, 0.25) is 0 Å². The molecular formula is C15H22N2O2. The highest BCUT2D eigenvalue weighted by Crippen LogP contribution is 2.35. The minimum atomic E-state index is 0.0683. The SMILES string of the molecule is CNC(=O)CCN(C)C1CCCc2ccc(O)cc21. The van der Waals surface area contributed by atoms with Crippen molar-refractivity contribution in [2.75, 3.05) is 20.6 Å². The summed E-state index contributed by atoms with van der Waals surface area (Å²) in [6.45, 7) is 0.736. The molecule has 1 amide bonds. The summed E-state index contributed by atoms with van der Waals surface area (Å²) in [6.07, 6.45) is 3.83. The molecule has 1 atom stereocenters. The van der Waals surface area contributed by atoms with Crippen LogP contribution in [-0.4, -0.2) is 36.6 Å². The first-order valence-corrected chi connectivity index (χ1v) is 6.84. The van der Waals surface area contributed by atoms with E-state index in [9.17, 15) is 9.90 Å². The average molecular weight is 262 g/mol. The van der Waals surface area contributed by atoms with Crippen molar-refractivity contribution in [1.29, 1.82) is 0 Å². The van der Waals surface area contributed by atoms with E-state index in [0.717, 1.165) is 25.8 Å². The first kappa shape index (κ1) is 13.9. The van der Waals surface area contributed by atoms with E-state index < -0.39 is 0 Å². The van der Waals surface area contributed by atoms with Crippen molar-refractivity contribution in [1.82, 2.24) is 10.2 Å². The second-order valence-corrected chi connectivity index (χ2v) is 5.19. The number of benzene rings is 1. The van der Waals surface area contributed by atoms with Gasteiger partial charge in [0.2, 0.25) is 5.91 Å². The Hall–Kier alpha value is -1.55. The molecule has 1 aliphatic rings. The molecule has 0 radical (unpaired) electrons. The number of carbonyl (C=O) groups is 1. The van der Waals surface area contributed by atoms with Gasteiger partial charge in [0.05, 0.1) is 0 Å². The Balaban J connectivity index is 2.09. The van der Waals surface area contributed by atoms with E-state index in [2.05, 4.69) is 10.2 Å². The van der Waals surface area contributed by atoms with Crippen molar-refractivity contribution < 1.29 is 9.90 Å². The fourth-order valence-corrected chi connectivity index (χ4v) is 2.78. The fraction of sp³-hybridized carbons (Fsp3) is 0.533. The van der Waals surface area contributed by atoms with Crippen LogP contribution in [0, 0.1) is 0 Å². The number of phenols is 1. The van der Waals surface area contributed by atoms with Gasteiger partial charge in [-0.3, -0.25) is 9.69 Å². The van der Waals surface area contributed by atoms with Crippen LogP contribution in [0.5, 0.6) is 5.75 Å². The van der Waals surface area contributed by atoms with Crippen LogP contribution in [0.25, 0.3) is 0 Å². The molecule has 1 aliphatic carbocycles. The summed E-state index contributed by atoms with van der Waals surface area (Å²) in [5.74, 6) is 0.393. The molecule has 4 nitrogen and oxygen atoms in total. The number of hydrogen-bond acceptors (Lipinski definition) is 3. The summed E-state index contributed by atoms with van der Waals surface area (Å²) in [5, 5.41) is 12.3. The lowest BCUT2D eigenvalue weighted by Crippen LogP contribution is -2.31. The van der Waals surface area contributed by atoms with E-state index in [1.54, 1.807) is 13.1 Å². The third kappa shape index (κ3) is 3.26. The van der Waals surface area contributed by atoms with Crippen molar-refractivity contribution >= 4 is 5.91 Å². The van der Waals surface area contributed by atoms with Crippen LogP contribution in [0.4, 0.5) is 0 Å². The Labute approximate surface area is 114 Å². The van der Waals surface area contributed by atoms with Crippen LogP contribution >= 0.6 is 0 Å². The normalized spacial score (nSPS) is 18.2. The van der Waals surface area contributed by atoms with Gasteiger partial charge in [-0.2, -0.15) is 0 Å². The predicted molar refractivity (Wildman–Crippen MR) is 75.1 cm³/mol. The molecule has 0 heterocycles. The average Bonchev–Trinajstić information content (AvgIpc) is 2.43. The maximum absolute atomic E-state index is 11.3. The number of phenolic OH excluding ortho intramolecular Hbond substituents is 1. The van der Waals surface area contributed by atoms with Gasteiger partial charge in [0.25, 0.3) is 0 Å². The maximum Gasteiger partial charge on any atom is 0.221 e. The zero-order chi connectivity index (χ0) is 13.8. The van der Waals surface area contributed by atoms with E-state index in [0.29, 0.717) is 18.2 Å². The number of rotatable bonds is 4. The van der Waals surface area contributed by atoms with Crippen molar-refractivity contribution in [2.24, 2.45) is 0 Å². The fourth-order valence-electron chi connectivity index (χ4n) is 2.78. The van der Waals surface area contributed by atoms with Gasteiger partial charge in [-0.05, 0) is 49.6 Å². The molecule has 1 aromatic carbocycles. The van der Waals surface area contributed by atoms with Gasteiger partial charge in [0.15, 0.2) is 0 Å². The van der Waals surface area contributed by atoms with Crippen molar-refractivity contribution in [3.05, 3.63) is 29.3 Å². The summed E-state index contributed by atoms with van der Waals surface area (Å²) in [4.78, 5) is 13.5. The summed E-state index contributed by atoms with van der Waals surface area (Å²) < 4.78 is 0. The molecule has 0 saturated carbocycles. The number of amides is 1. The lowest BCUT2D eigenvalue weighted by atomic mass is 9.86. The van der Waals surface area contributed by atoms with E-state index in [-0.39, 0.29) is 5.91 Å². The van der Waals surface area contributed by atoms with Gasteiger partial charge in [-0.1, -0.05) is 6.07 Å². The highest BCUT2D eigenvalue weighted by atomic mass is 16.3. The Morgan fingerprint density at radius 2 is 2.32 bits per heavy atom. The van der Waals surface area contributed by atoms with Crippen LogP contribution < -0.4 is 5.32 Å². The Morgan fingerprint density at radius 1 is 1.53 bits per heavy atom. The molecule has 0 spiro atoms. The standard InChI is InChI=1S/C15H22N2O2/c1-16-15(19)8-9-17(2)14-5-3-4-11-6-7-12(18)10-13(11)14/h6-7,10,14,18H,3-5,8-9H2,1-2H3,(H,16,19). The molecule has 0 aromatic heterocycles. The molecule has 0 fully saturated rings. The number of hydrogen-bond donors (Lipinski definition) is 2. The number of aryl methyl sites for hydroxylation is 1. The Kier molecular flexibility index (Phi) is 4.43. The Bertz CT molecular complexity index is 459. The van der Waals surface area contributed by atoms with Gasteiger partial charge in [-0.25, -0.2) is 0 Å². The maximum atomic E-state index is 11.3. The number of nitrogens with zero attached hydrogens (tertiary/aromatic N) is 1. The first-order chi connectivity index (χ1) is 9.11. The largest absolute Gasteiger partial charge is 0.508 e. The van der Waals surface area contributed by atoms with Crippen molar-refractivity contribution in [2.45, 2.75) is 31.7 Å². The highest BCUT2D eigenvalue weighted by Gasteiger charge is 2.24. The van der Waals surface area contributed by atoms with Gasteiger partial charge < -0.3 is 10.4 Å². The van der Waals surface area contributed by atoms with E-state index in [4.69, 9.17) is 0 Å². The van der Waals surface area contributed by atoms with Gasteiger partial charge >= 0.3 is 0 Å². The van der Waals surface area contributed by atoms with Gasteiger partial charge in [0.1, 0.15) is 5.75 Å². The quantitative estimate of drug-likeness (QED) is 0.870. The van der Waals surface area contributed by atoms with Crippen LogP contribution in [0.1, 0.15) is 36.4 Å². The molecule has 0 bridgehead atoms. The minimum absolute atomic E-state index is 0.0683. The molecule has 1 unspecified atom stereocenters. The van der Waals surface area contributed by atoms with Gasteiger partial charge in [0, 0.05) is 26.1 Å². The molecule has 1 aromatic rings. The second kappa shape index (κ2) is 6.06. The topological polar surface area (TPSA) is 52.6 Å². The molecule has 2 rings (SSSR count). The lowest BCUT2D eigenvalue weighted by molar-refractivity contribution is -0.121. The van der Waals surface area contributed by atoms with Crippen molar-refractivity contribution in [3.63, 3.8) is 0 Å². The second-order valence-electron chi connectivity index (χ2n) is 5.19. The zero-order valence-corrected chi connectivity index (χ0v) is 11.6. The third-order valence-electron chi connectivity index (χ3n) is 3.91. The Morgan fingerprint density at radius 3 is 3.05 bits per heavy atom. The zero-order valence-electron chi connectivity index (χ0n) is 11.6. The molecule has 2 N–H and O–H groups in total. The summed E-state index contributed by atoms with van der Waals surface area (Å²) in [5.41, 5.74) is 2.53. The number of fused-ring (bicyclic) bond motifs is 1. The van der Waals surface area contributed by atoms with Gasteiger partial charge in [-0.15, -0.1) is 0 Å². The monoisotopic (exact) mass is 262 g/mol. The predicted octanol–water partition coefficient (Wildman–Crippen LogP) is 1.84. The van der Waals surface area contributed by atoms with E-state index in [1.807, 2.05) is 19.2 Å². The lowest BCUT2D eigenvalue weighted by Gasteiger charge is -2.33. The van der Waals surface area contributed by atoms with Crippen LogP contribution in [0.15, 0.2) is 18.2 Å². The first-order valence-electron chi connectivity index (χ1n) is 6.84. The molecule has 104 valence electrons. The van der Waals surface area contributed by atoms with Crippen LogP contribution in [-0.2, 0) is 11.2 Å². The number of aromatic hydroxyl groups is 1. The summed E-state index contributed by atoms with van der Waals surface area (Å²) in [7, 11) is 3.71. The summed E-state index contributed by atoms with van der Waals surface area (Å²) in [6, 6.07) is 5.95.